The number of rotatable bonds is 4. The Hall–Kier alpha value is -0.740. The topological polar surface area (TPSA) is 21.3 Å². The Kier molecular flexibility index (Phi) is 4.51. The molecule has 0 radical (unpaired) electrons. The van der Waals surface area contributed by atoms with Gasteiger partial charge in [0.05, 0.1) is 28.1 Å². The first-order chi connectivity index (χ1) is 8.69. The Morgan fingerprint density at radius 2 is 2.06 bits per heavy atom. The molecule has 1 heterocycles. The highest BCUT2D eigenvalue weighted by Crippen LogP contribution is 2.38. The maximum absolute atomic E-state index is 6.27. The third kappa shape index (κ3) is 2.50. The van der Waals surface area contributed by atoms with E-state index in [9.17, 15) is 0 Å². The Balaban J connectivity index is 2.49. The van der Waals surface area contributed by atoms with Crippen LogP contribution >= 0.6 is 34.5 Å². The average molecular weight is 302 g/mol. The number of nitrogens with one attached hydrogen (secondary N) is 1. The molecular formula is C13H13Cl2NOS. The predicted octanol–water partition coefficient (Wildman–Crippen LogP) is 4.37. The highest BCUT2D eigenvalue weighted by atomic mass is 35.5. The molecule has 18 heavy (non-hydrogen) atoms. The molecule has 2 nitrogen and oxygen atoms in total. The van der Waals surface area contributed by atoms with Crippen molar-refractivity contribution in [3.8, 4) is 5.75 Å². The molecule has 0 amide bonds. The van der Waals surface area contributed by atoms with Crippen LogP contribution in [0.15, 0.2) is 29.6 Å². The summed E-state index contributed by atoms with van der Waals surface area (Å²) in [5.41, 5.74) is 0.951. The second-order valence-electron chi connectivity index (χ2n) is 3.72. The first-order valence-electron chi connectivity index (χ1n) is 5.41. The Morgan fingerprint density at radius 1 is 1.28 bits per heavy atom. The number of ether oxygens (including phenoxy) is 1. The lowest BCUT2D eigenvalue weighted by molar-refractivity contribution is 0.409. The van der Waals surface area contributed by atoms with Gasteiger partial charge < -0.3 is 10.1 Å². The van der Waals surface area contributed by atoms with Crippen LogP contribution in [0.5, 0.6) is 5.75 Å². The number of hydrogen-bond acceptors (Lipinski definition) is 3. The van der Waals surface area contributed by atoms with Gasteiger partial charge in [-0.3, -0.25) is 0 Å². The van der Waals surface area contributed by atoms with Crippen molar-refractivity contribution in [1.82, 2.24) is 5.32 Å². The highest BCUT2D eigenvalue weighted by Gasteiger charge is 2.21. The van der Waals surface area contributed by atoms with Gasteiger partial charge in [-0.25, -0.2) is 0 Å². The molecule has 0 aliphatic carbocycles. The quantitative estimate of drug-likeness (QED) is 0.905. The smallest absolute Gasteiger partial charge is 0.134 e. The molecule has 1 atom stereocenters. The molecule has 0 fully saturated rings. The lowest BCUT2D eigenvalue weighted by atomic mass is 10.1. The average Bonchev–Trinajstić information content (AvgIpc) is 2.83. The van der Waals surface area contributed by atoms with Crippen LogP contribution in [0.2, 0.25) is 10.0 Å². The summed E-state index contributed by atoms with van der Waals surface area (Å²) in [6.45, 7) is 0. The molecule has 5 heteroatoms. The maximum atomic E-state index is 6.27. The van der Waals surface area contributed by atoms with Crippen LogP contribution in [0.25, 0.3) is 0 Å². The minimum Gasteiger partial charge on any atom is -0.496 e. The molecule has 0 saturated carbocycles. The van der Waals surface area contributed by atoms with E-state index in [4.69, 9.17) is 27.9 Å². The van der Waals surface area contributed by atoms with Gasteiger partial charge in [-0.1, -0.05) is 35.3 Å². The minimum absolute atomic E-state index is 0.0221. The molecule has 0 aliphatic heterocycles. The summed E-state index contributed by atoms with van der Waals surface area (Å²) in [6, 6.07) is 7.57. The first kappa shape index (κ1) is 13.7. The lowest BCUT2D eigenvalue weighted by Gasteiger charge is -2.18. The second kappa shape index (κ2) is 5.93. The van der Waals surface area contributed by atoms with Gasteiger partial charge in [0.25, 0.3) is 0 Å². The van der Waals surface area contributed by atoms with Crippen LogP contribution in [-0.4, -0.2) is 14.2 Å². The van der Waals surface area contributed by atoms with Gasteiger partial charge >= 0.3 is 0 Å². The fraction of sp³-hybridized carbons (Fsp3) is 0.231. The number of hydrogen-bond donors (Lipinski definition) is 1. The lowest BCUT2D eigenvalue weighted by Crippen LogP contribution is -2.17. The van der Waals surface area contributed by atoms with Gasteiger partial charge in [0, 0.05) is 0 Å². The van der Waals surface area contributed by atoms with Gasteiger partial charge in [0.1, 0.15) is 5.75 Å². The van der Waals surface area contributed by atoms with Crippen LogP contribution in [0.1, 0.15) is 16.5 Å². The molecule has 96 valence electrons. The van der Waals surface area contributed by atoms with Crippen molar-refractivity contribution in [2.24, 2.45) is 0 Å². The van der Waals surface area contributed by atoms with Crippen molar-refractivity contribution >= 4 is 34.5 Å². The number of methoxy groups -OCH3 is 1. The normalized spacial score (nSPS) is 12.4. The molecule has 1 aromatic carbocycles. The van der Waals surface area contributed by atoms with Gasteiger partial charge in [-0.2, -0.15) is 0 Å². The standard InChI is InChI=1S/C13H13Cl2NOS/c1-16-12(13-10(17-2)6-7-18-13)8-4-3-5-9(14)11(8)15/h3-7,12,16H,1-2H3. The van der Waals surface area contributed by atoms with Crippen LogP contribution in [-0.2, 0) is 0 Å². The van der Waals surface area contributed by atoms with E-state index in [0.29, 0.717) is 10.0 Å². The summed E-state index contributed by atoms with van der Waals surface area (Å²) in [5, 5.41) is 6.39. The van der Waals surface area contributed by atoms with E-state index in [0.717, 1.165) is 16.2 Å². The zero-order chi connectivity index (χ0) is 13.1. The molecule has 0 aliphatic rings. The van der Waals surface area contributed by atoms with Crippen molar-refractivity contribution in [3.05, 3.63) is 50.1 Å². The van der Waals surface area contributed by atoms with Crippen molar-refractivity contribution in [1.29, 1.82) is 0 Å². The van der Waals surface area contributed by atoms with E-state index in [1.165, 1.54) is 0 Å². The van der Waals surface area contributed by atoms with Crippen molar-refractivity contribution in [2.75, 3.05) is 14.2 Å². The zero-order valence-corrected chi connectivity index (χ0v) is 12.4. The van der Waals surface area contributed by atoms with Gasteiger partial charge in [0.15, 0.2) is 0 Å². The van der Waals surface area contributed by atoms with E-state index in [1.54, 1.807) is 24.5 Å². The molecule has 1 unspecified atom stereocenters. The summed E-state index contributed by atoms with van der Waals surface area (Å²) >= 11 is 14.0. The number of thiophene rings is 1. The van der Waals surface area contributed by atoms with Gasteiger partial charge in [0.2, 0.25) is 0 Å². The first-order valence-corrected chi connectivity index (χ1v) is 7.05. The molecule has 0 saturated heterocycles. The van der Waals surface area contributed by atoms with E-state index < -0.39 is 0 Å². The minimum atomic E-state index is -0.0221. The summed E-state index contributed by atoms with van der Waals surface area (Å²) in [7, 11) is 3.55. The Bertz CT molecular complexity index is 542. The highest BCUT2D eigenvalue weighted by molar-refractivity contribution is 7.10. The van der Waals surface area contributed by atoms with Crippen molar-refractivity contribution in [2.45, 2.75) is 6.04 Å². The van der Waals surface area contributed by atoms with E-state index in [1.807, 2.05) is 30.6 Å². The summed E-state index contributed by atoms with van der Waals surface area (Å²) in [6.07, 6.45) is 0. The SMILES string of the molecule is CNC(c1cccc(Cl)c1Cl)c1sccc1OC. The molecular weight excluding hydrogens is 289 g/mol. The molecule has 1 aromatic heterocycles. The monoisotopic (exact) mass is 301 g/mol. The summed E-state index contributed by atoms with van der Waals surface area (Å²) < 4.78 is 5.35. The Labute approximate surface area is 120 Å². The third-order valence-corrected chi connectivity index (χ3v) is 4.52. The number of benzene rings is 1. The Morgan fingerprint density at radius 3 is 2.72 bits per heavy atom. The van der Waals surface area contributed by atoms with Gasteiger partial charge in [-0.15, -0.1) is 11.3 Å². The summed E-state index contributed by atoms with van der Waals surface area (Å²) in [4.78, 5) is 1.09. The zero-order valence-electron chi connectivity index (χ0n) is 10.0. The number of halogens is 2. The van der Waals surface area contributed by atoms with Crippen LogP contribution < -0.4 is 10.1 Å². The predicted molar refractivity (Wildman–Crippen MR) is 78.2 cm³/mol. The van der Waals surface area contributed by atoms with Crippen LogP contribution in [0.3, 0.4) is 0 Å². The largest absolute Gasteiger partial charge is 0.496 e. The molecule has 2 aromatic rings. The molecule has 2 rings (SSSR count). The van der Waals surface area contributed by atoms with E-state index in [-0.39, 0.29) is 6.04 Å². The fourth-order valence-electron chi connectivity index (χ4n) is 1.86. The van der Waals surface area contributed by atoms with Crippen LogP contribution in [0, 0.1) is 0 Å². The summed E-state index contributed by atoms with van der Waals surface area (Å²) in [5.74, 6) is 0.857. The van der Waals surface area contributed by atoms with Crippen molar-refractivity contribution < 1.29 is 4.74 Å². The molecule has 1 N–H and O–H groups in total. The van der Waals surface area contributed by atoms with Gasteiger partial charge in [-0.05, 0) is 30.1 Å². The second-order valence-corrected chi connectivity index (χ2v) is 5.45. The molecule has 0 bridgehead atoms. The van der Waals surface area contributed by atoms with E-state index in [2.05, 4.69) is 5.32 Å². The molecule has 0 spiro atoms. The van der Waals surface area contributed by atoms with Crippen LogP contribution in [0.4, 0.5) is 0 Å². The maximum Gasteiger partial charge on any atom is 0.134 e. The fourth-order valence-corrected chi connectivity index (χ4v) is 3.26. The van der Waals surface area contributed by atoms with Crippen molar-refractivity contribution in [3.63, 3.8) is 0 Å². The van der Waals surface area contributed by atoms with E-state index >= 15 is 0 Å². The third-order valence-electron chi connectivity index (χ3n) is 2.72.